The molecule has 0 fully saturated rings. The Morgan fingerprint density at radius 2 is 1.97 bits per heavy atom. The van der Waals surface area contributed by atoms with Gasteiger partial charge in [-0.05, 0) is 52.7 Å². The highest BCUT2D eigenvalue weighted by Crippen LogP contribution is 2.27. The van der Waals surface area contributed by atoms with E-state index in [-0.39, 0.29) is 27.8 Å². The number of rotatable bonds is 4. The van der Waals surface area contributed by atoms with Crippen molar-refractivity contribution in [1.82, 2.24) is 15.1 Å². The summed E-state index contributed by atoms with van der Waals surface area (Å²) in [6, 6.07) is 7.50. The number of hydrogen-bond acceptors (Lipinski definition) is 4. The second-order valence-electron chi connectivity index (χ2n) is 5.95. The number of aryl methyl sites for hydroxylation is 1. The minimum absolute atomic E-state index is 0.0341. The monoisotopic (exact) mass is 497 g/mol. The van der Waals surface area contributed by atoms with Gasteiger partial charge < -0.3 is 15.8 Å². The smallest absolute Gasteiger partial charge is 0.329 e. The fourth-order valence-corrected chi connectivity index (χ4v) is 3.61. The van der Waals surface area contributed by atoms with E-state index in [9.17, 15) is 14.8 Å². The Kier molecular flexibility index (Phi) is 6.11. The number of nitrogens with zero attached hydrogens (tertiary/aromatic N) is 3. The topological polar surface area (TPSA) is 103 Å². The van der Waals surface area contributed by atoms with Crippen molar-refractivity contribution in [3.63, 3.8) is 0 Å². The minimum atomic E-state index is -0.598. The zero-order valence-electron chi connectivity index (χ0n) is 15.2. The average Bonchev–Trinajstić information content (AvgIpc) is 3.04. The number of nitrogens with one attached hydrogen (secondary N) is 2. The van der Waals surface area contributed by atoms with Crippen molar-refractivity contribution in [2.75, 3.05) is 12.4 Å². The molecule has 2 amide bonds. The van der Waals surface area contributed by atoms with Crippen LogP contribution in [0, 0.1) is 12.1 Å². The Bertz CT molecular complexity index is 1110. The fourth-order valence-electron chi connectivity index (χ4n) is 2.73. The highest BCUT2D eigenvalue weighted by Gasteiger charge is 2.27. The summed E-state index contributed by atoms with van der Waals surface area (Å²) in [5, 5.41) is 22.0. The Hall–Kier alpha value is -2.62. The van der Waals surface area contributed by atoms with E-state index in [1.165, 1.54) is 37.5 Å². The van der Waals surface area contributed by atoms with Crippen molar-refractivity contribution in [2.24, 2.45) is 0 Å². The molecule has 150 valence electrons. The standard InChI is InChI=1S/C18H14BrCl2N5O3/c1-9-6-10(20)7-11(16(27)22-2)15(9)23-17(28)13-8-14(19)24-26(13)18-12(21)4-3-5-25(18)29/h3-8H,1-2H3,(H,22,27)(H,23,28). The maximum atomic E-state index is 13.0. The summed E-state index contributed by atoms with van der Waals surface area (Å²) in [5.41, 5.74) is 1.11. The lowest BCUT2D eigenvalue weighted by Gasteiger charge is -2.14. The number of benzene rings is 1. The third-order valence-electron chi connectivity index (χ3n) is 4.01. The number of amides is 2. The molecule has 8 nitrogen and oxygen atoms in total. The van der Waals surface area contributed by atoms with Crippen LogP contribution < -0.4 is 15.4 Å². The van der Waals surface area contributed by atoms with E-state index in [0.717, 1.165) is 4.68 Å². The summed E-state index contributed by atoms with van der Waals surface area (Å²) >= 11 is 15.4. The lowest BCUT2D eigenvalue weighted by atomic mass is 10.1. The largest absolute Gasteiger partial charge is 0.711 e. The third-order valence-corrected chi connectivity index (χ3v) is 4.91. The van der Waals surface area contributed by atoms with Crippen molar-refractivity contribution in [3.8, 4) is 5.82 Å². The molecule has 29 heavy (non-hydrogen) atoms. The predicted octanol–water partition coefficient (Wildman–Crippen LogP) is 3.50. The molecule has 2 aromatic heterocycles. The number of halogens is 3. The van der Waals surface area contributed by atoms with Crippen LogP contribution in [0.25, 0.3) is 5.82 Å². The zero-order valence-corrected chi connectivity index (χ0v) is 18.3. The van der Waals surface area contributed by atoms with E-state index in [4.69, 9.17) is 23.2 Å². The van der Waals surface area contributed by atoms with Crippen LogP contribution in [0.15, 0.2) is 41.1 Å². The normalized spacial score (nSPS) is 10.7. The van der Waals surface area contributed by atoms with Crippen molar-refractivity contribution in [1.29, 1.82) is 0 Å². The molecule has 3 aromatic rings. The summed E-state index contributed by atoms with van der Waals surface area (Å²) < 4.78 is 1.95. The van der Waals surface area contributed by atoms with Gasteiger partial charge in [0.25, 0.3) is 11.8 Å². The average molecular weight is 499 g/mol. The first kappa shape index (κ1) is 21.1. The minimum Gasteiger partial charge on any atom is -0.711 e. The van der Waals surface area contributed by atoms with Crippen molar-refractivity contribution in [3.05, 3.63) is 73.2 Å². The van der Waals surface area contributed by atoms with Gasteiger partial charge in [-0.25, -0.2) is 4.73 Å². The summed E-state index contributed by atoms with van der Waals surface area (Å²) in [6.45, 7) is 1.71. The zero-order chi connectivity index (χ0) is 21.3. The predicted molar refractivity (Wildman–Crippen MR) is 113 cm³/mol. The van der Waals surface area contributed by atoms with Crippen LogP contribution in [0.5, 0.6) is 0 Å². The Morgan fingerprint density at radius 3 is 2.62 bits per heavy atom. The van der Waals surface area contributed by atoms with Gasteiger partial charge in [-0.2, -0.15) is 0 Å². The number of anilines is 1. The summed E-state index contributed by atoms with van der Waals surface area (Å²) in [4.78, 5) is 25.3. The summed E-state index contributed by atoms with van der Waals surface area (Å²) in [5.74, 6) is -1.05. The molecule has 0 aliphatic heterocycles. The van der Waals surface area contributed by atoms with Gasteiger partial charge in [0.05, 0.1) is 17.4 Å². The second kappa shape index (κ2) is 8.40. The highest BCUT2D eigenvalue weighted by atomic mass is 79.9. The third kappa shape index (κ3) is 4.21. The van der Waals surface area contributed by atoms with Crippen LogP contribution in [0.2, 0.25) is 10.0 Å². The lowest BCUT2D eigenvalue weighted by molar-refractivity contribution is -0.600. The summed E-state index contributed by atoms with van der Waals surface area (Å²) in [6.07, 6.45) is 1.24. The molecule has 11 heteroatoms. The van der Waals surface area contributed by atoms with Crippen LogP contribution in [0.4, 0.5) is 5.69 Å². The molecule has 0 spiro atoms. The molecule has 0 aliphatic rings. The van der Waals surface area contributed by atoms with Crippen LogP contribution in [-0.2, 0) is 0 Å². The second-order valence-corrected chi connectivity index (χ2v) is 7.60. The van der Waals surface area contributed by atoms with Crippen LogP contribution >= 0.6 is 39.1 Å². The Balaban J connectivity index is 2.08. The fraction of sp³-hybridized carbons (Fsp3) is 0.111. The van der Waals surface area contributed by atoms with Crippen LogP contribution in [0.3, 0.4) is 0 Å². The van der Waals surface area contributed by atoms with Gasteiger partial charge >= 0.3 is 5.82 Å². The number of carbonyl (C=O) groups is 2. The number of carbonyl (C=O) groups excluding carboxylic acids is 2. The maximum Gasteiger partial charge on any atom is 0.329 e. The van der Waals surface area contributed by atoms with Gasteiger partial charge in [-0.1, -0.05) is 33.0 Å². The van der Waals surface area contributed by atoms with E-state index >= 15 is 0 Å². The van der Waals surface area contributed by atoms with Gasteiger partial charge in [0, 0.05) is 18.1 Å². The molecular weight excluding hydrogens is 485 g/mol. The molecule has 3 rings (SSSR count). The number of hydrogen-bond donors (Lipinski definition) is 2. The van der Waals surface area contributed by atoms with Crippen molar-refractivity contribution < 1.29 is 14.3 Å². The van der Waals surface area contributed by atoms with Gasteiger partial charge in [-0.3, -0.25) is 9.59 Å². The van der Waals surface area contributed by atoms with Crippen molar-refractivity contribution >= 4 is 56.6 Å². The molecule has 0 bridgehead atoms. The lowest BCUT2D eigenvalue weighted by Crippen LogP contribution is -2.34. The van der Waals surface area contributed by atoms with Gasteiger partial charge in [-0.15, -0.1) is 0 Å². The quantitative estimate of drug-likeness (QED) is 0.424. The van der Waals surface area contributed by atoms with Crippen LogP contribution in [0.1, 0.15) is 26.4 Å². The number of aromatic nitrogens is 3. The molecule has 0 unspecified atom stereocenters. The first-order valence-electron chi connectivity index (χ1n) is 8.20. The van der Waals surface area contributed by atoms with E-state index < -0.39 is 11.8 Å². The molecular formula is C18H14BrCl2N5O3. The van der Waals surface area contributed by atoms with E-state index in [1.807, 2.05) is 0 Å². The first-order chi connectivity index (χ1) is 13.7. The van der Waals surface area contributed by atoms with Crippen molar-refractivity contribution in [2.45, 2.75) is 6.92 Å². The maximum absolute atomic E-state index is 13.0. The van der Waals surface area contributed by atoms with E-state index in [2.05, 4.69) is 31.7 Å². The van der Waals surface area contributed by atoms with Crippen LogP contribution in [-0.4, -0.2) is 28.6 Å². The Morgan fingerprint density at radius 1 is 1.24 bits per heavy atom. The Labute approximate surface area is 184 Å². The first-order valence-corrected chi connectivity index (χ1v) is 9.75. The molecule has 0 saturated heterocycles. The van der Waals surface area contributed by atoms with Gasteiger partial charge in [0.1, 0.15) is 5.02 Å². The highest BCUT2D eigenvalue weighted by molar-refractivity contribution is 9.10. The molecule has 0 saturated carbocycles. The van der Waals surface area contributed by atoms with E-state index in [1.54, 1.807) is 13.0 Å². The van der Waals surface area contributed by atoms with Gasteiger partial charge in [0.15, 0.2) is 4.60 Å². The van der Waals surface area contributed by atoms with E-state index in [0.29, 0.717) is 19.9 Å². The number of pyridine rings is 1. The van der Waals surface area contributed by atoms with Gasteiger partial charge in [0.2, 0.25) is 5.69 Å². The summed E-state index contributed by atoms with van der Waals surface area (Å²) in [7, 11) is 1.47. The SMILES string of the molecule is CNC(=O)c1cc(Cl)cc(C)c1NC(=O)c1cc(Br)nn1-c1c(Cl)ccc[n+]1[O-]. The molecule has 2 heterocycles. The molecule has 0 radical (unpaired) electrons. The molecule has 2 N–H and O–H groups in total. The molecule has 0 atom stereocenters. The molecule has 0 aliphatic carbocycles. The molecule has 1 aromatic carbocycles.